The van der Waals surface area contributed by atoms with Crippen molar-refractivity contribution in [2.75, 3.05) is 5.32 Å². The van der Waals surface area contributed by atoms with Gasteiger partial charge in [0.2, 0.25) is 11.8 Å². The van der Waals surface area contributed by atoms with Crippen LogP contribution in [0.1, 0.15) is 40.5 Å². The smallest absolute Gasteiger partial charge is 0.325 e. The summed E-state index contributed by atoms with van der Waals surface area (Å²) in [6.45, 7) is 1.44. The fraction of sp³-hybridized carbons (Fsp3) is 0.312. The summed E-state index contributed by atoms with van der Waals surface area (Å²) in [7, 11) is 0. The van der Waals surface area contributed by atoms with E-state index in [9.17, 15) is 24.0 Å². The van der Waals surface area contributed by atoms with Crippen LogP contribution in [0.5, 0.6) is 0 Å². The predicted molar refractivity (Wildman–Crippen MR) is 83.8 cm³/mol. The van der Waals surface area contributed by atoms with Crippen LogP contribution in [0.4, 0.5) is 5.69 Å². The fourth-order valence-corrected chi connectivity index (χ4v) is 2.87. The van der Waals surface area contributed by atoms with E-state index in [2.05, 4.69) is 10.6 Å². The highest BCUT2D eigenvalue weighted by Crippen LogP contribution is 2.29. The molecular weight excluding hydrogens is 330 g/mol. The highest BCUT2D eigenvalue weighted by atomic mass is 16.4. The van der Waals surface area contributed by atoms with Gasteiger partial charge >= 0.3 is 5.97 Å². The van der Waals surface area contributed by atoms with Gasteiger partial charge in [-0.2, -0.15) is 0 Å². The van der Waals surface area contributed by atoms with Crippen LogP contribution >= 0.6 is 0 Å². The van der Waals surface area contributed by atoms with E-state index in [0.717, 1.165) is 4.90 Å². The third kappa shape index (κ3) is 2.84. The van der Waals surface area contributed by atoms with Crippen LogP contribution < -0.4 is 10.6 Å². The zero-order chi connectivity index (χ0) is 18.3. The maximum atomic E-state index is 12.6. The minimum Gasteiger partial charge on any atom is -0.480 e. The molecule has 2 unspecified atom stereocenters. The zero-order valence-corrected chi connectivity index (χ0v) is 13.2. The molecule has 9 heteroatoms. The normalized spacial score (nSPS) is 21.0. The van der Waals surface area contributed by atoms with Crippen LogP contribution in [0.25, 0.3) is 0 Å². The number of aliphatic carboxylic acids is 1. The molecular formula is C16H15N3O6. The van der Waals surface area contributed by atoms with Crippen LogP contribution in [-0.2, 0) is 14.4 Å². The molecule has 0 spiro atoms. The Labute approximate surface area is 142 Å². The van der Waals surface area contributed by atoms with E-state index in [1.54, 1.807) is 0 Å². The maximum absolute atomic E-state index is 12.6. The number of rotatable bonds is 4. The molecule has 1 aromatic rings. The Morgan fingerprint density at radius 2 is 1.92 bits per heavy atom. The van der Waals surface area contributed by atoms with Crippen molar-refractivity contribution in [3.8, 4) is 0 Å². The summed E-state index contributed by atoms with van der Waals surface area (Å²) in [6, 6.07) is 2.40. The van der Waals surface area contributed by atoms with Gasteiger partial charge in [0.25, 0.3) is 11.8 Å². The molecule has 2 heterocycles. The maximum Gasteiger partial charge on any atom is 0.325 e. The highest BCUT2D eigenvalue weighted by Gasteiger charge is 2.44. The molecule has 1 aromatic carbocycles. The van der Waals surface area contributed by atoms with Crippen molar-refractivity contribution in [3.63, 3.8) is 0 Å². The highest BCUT2D eigenvalue weighted by molar-refractivity contribution is 6.23. The monoisotopic (exact) mass is 345 g/mol. The van der Waals surface area contributed by atoms with Crippen molar-refractivity contribution in [1.82, 2.24) is 10.2 Å². The van der Waals surface area contributed by atoms with Crippen molar-refractivity contribution >= 4 is 35.3 Å². The van der Waals surface area contributed by atoms with Crippen LogP contribution in [0.15, 0.2) is 18.2 Å². The number of benzene rings is 1. The van der Waals surface area contributed by atoms with Crippen LogP contribution in [0.2, 0.25) is 0 Å². The minimum absolute atomic E-state index is 0.0484. The van der Waals surface area contributed by atoms with E-state index in [1.165, 1.54) is 25.1 Å². The lowest BCUT2D eigenvalue weighted by Gasteiger charge is -2.27. The first kappa shape index (κ1) is 16.6. The lowest BCUT2D eigenvalue weighted by Crippen LogP contribution is -2.54. The number of nitrogens with zero attached hydrogens (tertiary/aromatic N) is 1. The van der Waals surface area contributed by atoms with Gasteiger partial charge in [-0.05, 0) is 31.5 Å². The van der Waals surface area contributed by atoms with Gasteiger partial charge in [-0.3, -0.25) is 34.2 Å². The Morgan fingerprint density at radius 3 is 2.56 bits per heavy atom. The SMILES string of the molecule is CC(Nc1ccc2c(c1)C(=O)N(C1CCC(=O)NC1=O)C2=O)C(=O)O. The first-order valence-corrected chi connectivity index (χ1v) is 7.64. The Bertz CT molecular complexity index is 818. The molecule has 1 fully saturated rings. The lowest BCUT2D eigenvalue weighted by atomic mass is 10.0. The molecule has 0 radical (unpaired) electrons. The standard InChI is InChI=1S/C16H15N3O6/c1-7(16(24)25)17-8-2-3-9-10(6-8)15(23)19(14(9)22)11-4-5-12(20)18-13(11)21/h2-3,6-7,11,17H,4-5H2,1H3,(H,24,25)(H,18,20,21). The summed E-state index contributed by atoms with van der Waals surface area (Å²) in [5.74, 6) is -3.42. The summed E-state index contributed by atoms with van der Waals surface area (Å²) in [5, 5.41) is 13.8. The quantitative estimate of drug-likeness (QED) is 0.653. The van der Waals surface area contributed by atoms with Crippen molar-refractivity contribution in [1.29, 1.82) is 0 Å². The zero-order valence-electron chi connectivity index (χ0n) is 13.2. The van der Waals surface area contributed by atoms with Gasteiger partial charge in [-0.15, -0.1) is 0 Å². The summed E-state index contributed by atoms with van der Waals surface area (Å²) in [4.78, 5) is 60.1. The Hall–Kier alpha value is -3.23. The molecule has 2 aliphatic heterocycles. The Morgan fingerprint density at radius 1 is 1.24 bits per heavy atom. The number of carboxylic acid groups (broad SMARTS) is 1. The first-order chi connectivity index (χ1) is 11.8. The van der Waals surface area contributed by atoms with Gasteiger partial charge in [0.15, 0.2) is 0 Å². The molecule has 0 aromatic heterocycles. The molecule has 4 amide bonds. The number of hydrogen-bond donors (Lipinski definition) is 3. The summed E-state index contributed by atoms with van der Waals surface area (Å²) in [5.41, 5.74) is 0.612. The Balaban J connectivity index is 1.88. The molecule has 3 N–H and O–H groups in total. The van der Waals surface area contributed by atoms with Gasteiger partial charge in [0.05, 0.1) is 11.1 Å². The van der Waals surface area contributed by atoms with Crippen molar-refractivity contribution in [2.24, 2.45) is 0 Å². The second-order valence-electron chi connectivity index (χ2n) is 5.91. The number of anilines is 1. The number of amides is 4. The van der Waals surface area contributed by atoms with Gasteiger partial charge in [-0.25, -0.2) is 0 Å². The fourth-order valence-electron chi connectivity index (χ4n) is 2.87. The molecule has 130 valence electrons. The number of nitrogens with one attached hydrogen (secondary N) is 2. The average molecular weight is 345 g/mol. The van der Waals surface area contributed by atoms with Crippen LogP contribution in [-0.4, -0.2) is 51.7 Å². The van der Waals surface area contributed by atoms with E-state index < -0.39 is 41.7 Å². The predicted octanol–water partition coefficient (Wildman–Crippen LogP) is -0.0272. The van der Waals surface area contributed by atoms with E-state index in [1.807, 2.05) is 0 Å². The molecule has 3 rings (SSSR count). The number of carboxylic acids is 1. The molecule has 2 atom stereocenters. The molecule has 2 aliphatic rings. The van der Waals surface area contributed by atoms with Gasteiger partial charge in [0, 0.05) is 12.1 Å². The number of carbonyl (C=O) groups is 5. The largest absolute Gasteiger partial charge is 0.480 e. The van der Waals surface area contributed by atoms with E-state index in [4.69, 9.17) is 5.11 Å². The number of imide groups is 2. The second kappa shape index (κ2) is 6.00. The summed E-state index contributed by atoms with van der Waals surface area (Å²) in [6.07, 6.45) is 0.129. The number of hydrogen-bond acceptors (Lipinski definition) is 6. The van der Waals surface area contributed by atoms with Crippen molar-refractivity contribution in [3.05, 3.63) is 29.3 Å². The summed E-state index contributed by atoms with van der Waals surface area (Å²) >= 11 is 0. The minimum atomic E-state index is -1.06. The van der Waals surface area contributed by atoms with Gasteiger partial charge in [-0.1, -0.05) is 0 Å². The van der Waals surface area contributed by atoms with Gasteiger partial charge in [0.1, 0.15) is 12.1 Å². The van der Waals surface area contributed by atoms with E-state index in [-0.39, 0.29) is 24.0 Å². The first-order valence-electron chi connectivity index (χ1n) is 7.64. The molecule has 0 bridgehead atoms. The number of fused-ring (bicyclic) bond motifs is 1. The number of piperidine rings is 1. The van der Waals surface area contributed by atoms with Crippen molar-refractivity contribution < 1.29 is 29.1 Å². The molecule has 0 aliphatic carbocycles. The molecule has 0 saturated carbocycles. The molecule has 9 nitrogen and oxygen atoms in total. The van der Waals surface area contributed by atoms with Crippen LogP contribution in [0.3, 0.4) is 0 Å². The summed E-state index contributed by atoms with van der Waals surface area (Å²) < 4.78 is 0. The van der Waals surface area contributed by atoms with Gasteiger partial charge < -0.3 is 10.4 Å². The third-order valence-corrected chi connectivity index (χ3v) is 4.19. The Kier molecular flexibility index (Phi) is 3.99. The number of carbonyl (C=O) groups excluding carboxylic acids is 4. The lowest BCUT2D eigenvalue weighted by molar-refractivity contribution is -0.138. The molecule has 25 heavy (non-hydrogen) atoms. The third-order valence-electron chi connectivity index (χ3n) is 4.19. The van der Waals surface area contributed by atoms with Crippen LogP contribution in [0, 0.1) is 0 Å². The molecule has 1 saturated heterocycles. The van der Waals surface area contributed by atoms with E-state index in [0.29, 0.717) is 5.69 Å². The van der Waals surface area contributed by atoms with E-state index >= 15 is 0 Å². The second-order valence-corrected chi connectivity index (χ2v) is 5.91. The van der Waals surface area contributed by atoms with Crippen molar-refractivity contribution in [2.45, 2.75) is 31.8 Å². The topological polar surface area (TPSA) is 133 Å². The average Bonchev–Trinajstić information content (AvgIpc) is 2.79.